The minimum atomic E-state index is -1.01. The van der Waals surface area contributed by atoms with E-state index >= 15 is 0 Å². The molecule has 8 heteroatoms. The number of anilines is 2. The van der Waals surface area contributed by atoms with Crippen molar-refractivity contribution in [2.24, 2.45) is 5.92 Å². The van der Waals surface area contributed by atoms with Crippen LogP contribution < -0.4 is 10.2 Å². The number of fused-ring (bicyclic) bond motifs is 1. The molecule has 2 aromatic rings. The molecule has 4 heterocycles. The van der Waals surface area contributed by atoms with Gasteiger partial charge in [0.1, 0.15) is 11.6 Å². The standard InChI is InChI=1S/C22H29N5O3/c1-14-21(28)27(9-6-15-7-10-30-11-8-15)20-19(25-14)24-13-17(26-20)16-4-5-18(23-12-16)22(2,3)29/h4-5,12-15,29H,6-11H2,1-3H3,(H,24,25)/t14-/m0/s1. The second kappa shape index (κ2) is 8.28. The zero-order chi connectivity index (χ0) is 21.3. The van der Waals surface area contributed by atoms with E-state index < -0.39 is 5.60 Å². The Kier molecular flexibility index (Phi) is 5.71. The Morgan fingerprint density at radius 2 is 2.00 bits per heavy atom. The van der Waals surface area contributed by atoms with Crippen LogP contribution in [0.3, 0.4) is 0 Å². The Bertz CT molecular complexity index is 904. The molecule has 0 aliphatic carbocycles. The number of carbonyl (C=O) groups is 1. The van der Waals surface area contributed by atoms with Crippen molar-refractivity contribution < 1.29 is 14.6 Å². The lowest BCUT2D eigenvalue weighted by Gasteiger charge is -2.33. The number of nitrogens with zero attached hydrogens (tertiary/aromatic N) is 4. The fourth-order valence-corrected chi connectivity index (χ4v) is 3.88. The van der Waals surface area contributed by atoms with Gasteiger partial charge in [0, 0.05) is 31.5 Å². The van der Waals surface area contributed by atoms with E-state index in [0.717, 1.165) is 38.0 Å². The molecule has 0 bridgehead atoms. The van der Waals surface area contributed by atoms with Crippen molar-refractivity contribution in [1.82, 2.24) is 15.0 Å². The van der Waals surface area contributed by atoms with Crippen molar-refractivity contribution in [3.8, 4) is 11.3 Å². The number of amides is 1. The molecule has 0 spiro atoms. The first kappa shape index (κ1) is 20.7. The normalized spacial score (nSPS) is 20.1. The molecule has 1 saturated heterocycles. The predicted molar refractivity (Wildman–Crippen MR) is 114 cm³/mol. The number of hydrogen-bond donors (Lipinski definition) is 2. The van der Waals surface area contributed by atoms with E-state index in [1.807, 2.05) is 13.0 Å². The van der Waals surface area contributed by atoms with Crippen LogP contribution in [0.5, 0.6) is 0 Å². The molecule has 0 aromatic carbocycles. The molecule has 8 nitrogen and oxygen atoms in total. The Balaban J connectivity index is 1.59. The van der Waals surface area contributed by atoms with Crippen molar-refractivity contribution in [2.75, 3.05) is 30.0 Å². The Morgan fingerprint density at radius 3 is 2.67 bits per heavy atom. The minimum absolute atomic E-state index is 0.0107. The predicted octanol–water partition coefficient (Wildman–Crippen LogP) is 2.73. The average molecular weight is 412 g/mol. The van der Waals surface area contributed by atoms with Crippen LogP contribution in [0.25, 0.3) is 11.3 Å². The Labute approximate surface area is 176 Å². The number of aliphatic hydroxyl groups is 1. The van der Waals surface area contributed by atoms with E-state index in [4.69, 9.17) is 9.72 Å². The fourth-order valence-electron chi connectivity index (χ4n) is 3.88. The summed E-state index contributed by atoms with van der Waals surface area (Å²) in [6.45, 7) is 7.46. The highest BCUT2D eigenvalue weighted by atomic mass is 16.5. The van der Waals surface area contributed by atoms with Crippen molar-refractivity contribution in [1.29, 1.82) is 0 Å². The van der Waals surface area contributed by atoms with Gasteiger partial charge < -0.3 is 15.2 Å². The summed E-state index contributed by atoms with van der Waals surface area (Å²) in [6, 6.07) is 3.31. The minimum Gasteiger partial charge on any atom is -0.384 e. The molecule has 160 valence electrons. The molecule has 30 heavy (non-hydrogen) atoms. The number of ether oxygens (including phenoxy) is 1. The second-order valence-corrected chi connectivity index (χ2v) is 8.62. The highest BCUT2D eigenvalue weighted by Gasteiger charge is 2.32. The fraction of sp³-hybridized carbons (Fsp3) is 0.545. The average Bonchev–Trinajstić information content (AvgIpc) is 2.74. The van der Waals surface area contributed by atoms with E-state index in [2.05, 4.69) is 15.3 Å². The summed E-state index contributed by atoms with van der Waals surface area (Å²) in [6.07, 6.45) is 6.36. The van der Waals surface area contributed by atoms with E-state index in [-0.39, 0.29) is 11.9 Å². The zero-order valence-electron chi connectivity index (χ0n) is 17.8. The summed E-state index contributed by atoms with van der Waals surface area (Å²) in [7, 11) is 0. The molecular formula is C22H29N5O3. The van der Waals surface area contributed by atoms with Gasteiger partial charge in [-0.15, -0.1) is 0 Å². The lowest BCUT2D eigenvalue weighted by atomic mass is 9.96. The number of aromatic nitrogens is 3. The first-order valence-corrected chi connectivity index (χ1v) is 10.5. The van der Waals surface area contributed by atoms with E-state index in [1.54, 1.807) is 37.2 Å². The van der Waals surface area contributed by atoms with Gasteiger partial charge in [-0.1, -0.05) is 0 Å². The van der Waals surface area contributed by atoms with Crippen molar-refractivity contribution in [3.05, 3.63) is 30.2 Å². The maximum atomic E-state index is 12.9. The summed E-state index contributed by atoms with van der Waals surface area (Å²) in [5, 5.41) is 13.3. The molecule has 2 aromatic heterocycles. The molecule has 2 aliphatic rings. The molecule has 2 N–H and O–H groups in total. The summed E-state index contributed by atoms with van der Waals surface area (Å²) in [5.41, 5.74) is 1.01. The molecular weight excluding hydrogens is 382 g/mol. The monoisotopic (exact) mass is 411 g/mol. The zero-order valence-corrected chi connectivity index (χ0v) is 17.8. The smallest absolute Gasteiger partial charge is 0.250 e. The van der Waals surface area contributed by atoms with Crippen LogP contribution in [0, 0.1) is 5.92 Å². The Hall–Kier alpha value is -2.58. The first-order chi connectivity index (χ1) is 14.3. The number of pyridine rings is 1. The number of carbonyl (C=O) groups excluding carboxylic acids is 1. The highest BCUT2D eigenvalue weighted by Crippen LogP contribution is 2.32. The molecule has 0 unspecified atom stereocenters. The van der Waals surface area contributed by atoms with Gasteiger partial charge in [0.15, 0.2) is 11.6 Å². The summed E-state index contributed by atoms with van der Waals surface area (Å²) in [4.78, 5) is 28.3. The SMILES string of the molecule is C[C@@H]1Nc2ncc(-c3ccc(C(C)(C)O)nc3)nc2N(CCC2CCOCC2)C1=O. The van der Waals surface area contributed by atoms with Crippen molar-refractivity contribution in [2.45, 2.75) is 51.7 Å². The first-order valence-electron chi connectivity index (χ1n) is 10.5. The van der Waals surface area contributed by atoms with Crippen molar-refractivity contribution >= 4 is 17.5 Å². The number of nitrogens with one attached hydrogen (secondary N) is 1. The lowest BCUT2D eigenvalue weighted by molar-refractivity contribution is -0.119. The van der Waals surface area contributed by atoms with Gasteiger partial charge >= 0.3 is 0 Å². The summed E-state index contributed by atoms with van der Waals surface area (Å²) < 4.78 is 5.45. The molecule has 0 saturated carbocycles. The van der Waals surface area contributed by atoms with E-state index in [9.17, 15) is 9.90 Å². The van der Waals surface area contributed by atoms with Gasteiger partial charge in [-0.05, 0) is 58.1 Å². The van der Waals surface area contributed by atoms with Gasteiger partial charge in [0.2, 0.25) is 5.91 Å². The van der Waals surface area contributed by atoms with Crippen LogP contribution in [0.4, 0.5) is 11.6 Å². The van der Waals surface area contributed by atoms with E-state index in [1.165, 1.54) is 0 Å². The second-order valence-electron chi connectivity index (χ2n) is 8.62. The third kappa shape index (κ3) is 4.29. The summed E-state index contributed by atoms with van der Waals surface area (Å²) in [5.74, 6) is 1.76. The van der Waals surface area contributed by atoms with Gasteiger partial charge in [-0.25, -0.2) is 9.97 Å². The molecule has 0 radical (unpaired) electrons. The third-order valence-electron chi connectivity index (χ3n) is 5.79. The molecule has 1 amide bonds. The molecule has 1 atom stereocenters. The summed E-state index contributed by atoms with van der Waals surface area (Å²) >= 11 is 0. The van der Waals surface area contributed by atoms with Crippen molar-refractivity contribution in [3.63, 3.8) is 0 Å². The quantitative estimate of drug-likeness (QED) is 0.780. The van der Waals surface area contributed by atoms with Crippen LogP contribution in [0.2, 0.25) is 0 Å². The van der Waals surface area contributed by atoms with Crippen LogP contribution in [-0.4, -0.2) is 51.8 Å². The molecule has 2 aliphatic heterocycles. The van der Waals surface area contributed by atoms with Crippen LogP contribution in [-0.2, 0) is 15.1 Å². The Morgan fingerprint density at radius 1 is 1.23 bits per heavy atom. The highest BCUT2D eigenvalue weighted by molar-refractivity contribution is 6.03. The van der Waals surface area contributed by atoms with Gasteiger partial charge in [-0.3, -0.25) is 14.7 Å². The maximum absolute atomic E-state index is 12.9. The third-order valence-corrected chi connectivity index (χ3v) is 5.79. The molecule has 1 fully saturated rings. The van der Waals surface area contributed by atoms with Crippen LogP contribution in [0.1, 0.15) is 45.7 Å². The lowest BCUT2D eigenvalue weighted by Crippen LogP contribution is -2.47. The molecule has 4 rings (SSSR count). The number of rotatable bonds is 5. The van der Waals surface area contributed by atoms with Gasteiger partial charge in [0.25, 0.3) is 0 Å². The largest absolute Gasteiger partial charge is 0.384 e. The van der Waals surface area contributed by atoms with Gasteiger partial charge in [0.05, 0.1) is 17.6 Å². The number of hydrogen-bond acceptors (Lipinski definition) is 7. The maximum Gasteiger partial charge on any atom is 0.250 e. The van der Waals surface area contributed by atoms with Crippen LogP contribution in [0.15, 0.2) is 24.5 Å². The van der Waals surface area contributed by atoms with Crippen LogP contribution >= 0.6 is 0 Å². The van der Waals surface area contributed by atoms with E-state index in [0.29, 0.717) is 35.5 Å². The topological polar surface area (TPSA) is 100 Å². The van der Waals surface area contributed by atoms with Gasteiger partial charge in [-0.2, -0.15) is 0 Å².